The third-order valence-corrected chi connectivity index (χ3v) is 4.01. The molecular formula is C16H35IN4. The topological polar surface area (TPSA) is 39.7 Å². The van der Waals surface area contributed by atoms with E-state index in [9.17, 15) is 0 Å². The maximum atomic E-state index is 4.24. The molecule has 1 aliphatic heterocycles. The van der Waals surface area contributed by atoms with Crippen LogP contribution in [0.5, 0.6) is 0 Å². The SMILES string of the molecule is CN=C(NCCCCN1CCCCC1C)NCC(C)C.I. The number of guanidine groups is 1. The lowest BCUT2D eigenvalue weighted by molar-refractivity contribution is 0.158. The number of rotatable bonds is 7. The van der Waals surface area contributed by atoms with Crippen LogP contribution in [0.25, 0.3) is 0 Å². The first kappa shape index (κ1) is 21.0. The molecule has 1 unspecified atom stereocenters. The number of likely N-dealkylation sites (tertiary alicyclic amines) is 1. The van der Waals surface area contributed by atoms with Crippen molar-refractivity contribution < 1.29 is 0 Å². The minimum absolute atomic E-state index is 0. The summed E-state index contributed by atoms with van der Waals surface area (Å²) in [7, 11) is 1.84. The predicted octanol–water partition coefficient (Wildman–Crippen LogP) is 3.08. The molecule has 1 fully saturated rings. The predicted molar refractivity (Wildman–Crippen MR) is 104 cm³/mol. The highest BCUT2D eigenvalue weighted by molar-refractivity contribution is 14.0. The molecule has 0 spiro atoms. The molecular weight excluding hydrogens is 375 g/mol. The maximum absolute atomic E-state index is 4.24. The molecule has 0 bridgehead atoms. The highest BCUT2D eigenvalue weighted by atomic mass is 127. The Hall–Kier alpha value is -0.0400. The molecule has 0 radical (unpaired) electrons. The molecule has 1 aliphatic rings. The fourth-order valence-electron chi connectivity index (χ4n) is 2.66. The summed E-state index contributed by atoms with van der Waals surface area (Å²) in [6.45, 7) is 11.3. The first-order chi connectivity index (χ1) is 9.63. The van der Waals surface area contributed by atoms with Gasteiger partial charge >= 0.3 is 0 Å². The van der Waals surface area contributed by atoms with Crippen LogP contribution in [0.2, 0.25) is 0 Å². The van der Waals surface area contributed by atoms with Crippen molar-refractivity contribution in [2.75, 3.05) is 33.2 Å². The summed E-state index contributed by atoms with van der Waals surface area (Å²) < 4.78 is 0. The average molecular weight is 410 g/mol. The molecule has 5 heteroatoms. The van der Waals surface area contributed by atoms with E-state index < -0.39 is 0 Å². The number of unbranched alkanes of at least 4 members (excludes halogenated alkanes) is 1. The van der Waals surface area contributed by atoms with Crippen LogP contribution in [-0.2, 0) is 0 Å². The van der Waals surface area contributed by atoms with E-state index in [1.807, 2.05) is 7.05 Å². The van der Waals surface area contributed by atoms with Gasteiger partial charge in [0.15, 0.2) is 5.96 Å². The number of halogens is 1. The molecule has 0 aromatic rings. The normalized spacial score (nSPS) is 20.2. The summed E-state index contributed by atoms with van der Waals surface area (Å²) in [5.74, 6) is 1.58. The number of hydrogen-bond donors (Lipinski definition) is 2. The molecule has 2 N–H and O–H groups in total. The van der Waals surface area contributed by atoms with Gasteiger partial charge in [0.05, 0.1) is 0 Å². The van der Waals surface area contributed by atoms with Crippen molar-refractivity contribution in [1.82, 2.24) is 15.5 Å². The second-order valence-electron chi connectivity index (χ2n) is 6.36. The third-order valence-electron chi connectivity index (χ3n) is 4.01. The standard InChI is InChI=1S/C16H34N4.HI/c1-14(2)13-19-16(17-4)18-10-6-8-12-20-11-7-5-9-15(20)3;/h14-15H,5-13H2,1-4H3,(H2,17,18,19);1H. The Bertz CT molecular complexity index is 281. The smallest absolute Gasteiger partial charge is 0.190 e. The Balaban J connectivity index is 0.00000400. The Kier molecular flexibility index (Phi) is 12.5. The largest absolute Gasteiger partial charge is 0.356 e. The summed E-state index contributed by atoms with van der Waals surface area (Å²) in [6.07, 6.45) is 6.67. The zero-order valence-electron chi connectivity index (χ0n) is 14.3. The van der Waals surface area contributed by atoms with Crippen molar-refractivity contribution in [2.45, 2.75) is 58.9 Å². The van der Waals surface area contributed by atoms with Crippen LogP contribution in [0.15, 0.2) is 4.99 Å². The quantitative estimate of drug-likeness (QED) is 0.293. The summed E-state index contributed by atoms with van der Waals surface area (Å²) in [4.78, 5) is 6.89. The van der Waals surface area contributed by atoms with E-state index in [4.69, 9.17) is 0 Å². The van der Waals surface area contributed by atoms with Crippen molar-refractivity contribution in [2.24, 2.45) is 10.9 Å². The van der Waals surface area contributed by atoms with Crippen LogP contribution in [0.3, 0.4) is 0 Å². The lowest BCUT2D eigenvalue weighted by Crippen LogP contribution is -2.40. The first-order valence-electron chi connectivity index (χ1n) is 8.32. The summed E-state index contributed by atoms with van der Waals surface area (Å²) in [6, 6.07) is 0.789. The Morgan fingerprint density at radius 2 is 2.00 bits per heavy atom. The number of nitrogens with one attached hydrogen (secondary N) is 2. The van der Waals surface area contributed by atoms with Crippen LogP contribution in [0.1, 0.15) is 52.9 Å². The molecule has 0 aromatic carbocycles. The van der Waals surface area contributed by atoms with Crippen molar-refractivity contribution >= 4 is 29.9 Å². The molecule has 4 nitrogen and oxygen atoms in total. The van der Waals surface area contributed by atoms with Gasteiger partial charge in [-0.05, 0) is 51.6 Å². The number of nitrogens with zero attached hydrogens (tertiary/aromatic N) is 2. The summed E-state index contributed by atoms with van der Waals surface area (Å²) in [5.41, 5.74) is 0. The highest BCUT2D eigenvalue weighted by Crippen LogP contribution is 2.16. The van der Waals surface area contributed by atoms with Crippen LogP contribution < -0.4 is 10.6 Å². The number of aliphatic imine (C=N–C) groups is 1. The van der Waals surface area contributed by atoms with Gasteiger partial charge in [0.25, 0.3) is 0 Å². The molecule has 1 rings (SSSR count). The molecule has 1 heterocycles. The van der Waals surface area contributed by atoms with Gasteiger partial charge < -0.3 is 15.5 Å². The molecule has 0 aromatic heterocycles. The zero-order valence-corrected chi connectivity index (χ0v) is 16.7. The molecule has 1 atom stereocenters. The van der Waals surface area contributed by atoms with E-state index in [-0.39, 0.29) is 24.0 Å². The van der Waals surface area contributed by atoms with E-state index in [0.717, 1.165) is 25.1 Å². The van der Waals surface area contributed by atoms with Gasteiger partial charge in [-0.15, -0.1) is 24.0 Å². The monoisotopic (exact) mass is 410 g/mol. The van der Waals surface area contributed by atoms with Gasteiger partial charge in [-0.3, -0.25) is 4.99 Å². The average Bonchev–Trinajstić information content (AvgIpc) is 2.43. The van der Waals surface area contributed by atoms with Gasteiger partial charge in [0, 0.05) is 26.2 Å². The van der Waals surface area contributed by atoms with Crippen LogP contribution in [-0.4, -0.2) is 50.1 Å². The Labute approximate surface area is 148 Å². The fourth-order valence-corrected chi connectivity index (χ4v) is 2.66. The zero-order chi connectivity index (χ0) is 14.8. The van der Waals surface area contributed by atoms with Crippen molar-refractivity contribution in [1.29, 1.82) is 0 Å². The minimum Gasteiger partial charge on any atom is -0.356 e. The van der Waals surface area contributed by atoms with Gasteiger partial charge in [-0.25, -0.2) is 0 Å². The molecule has 21 heavy (non-hydrogen) atoms. The van der Waals surface area contributed by atoms with Gasteiger partial charge in [0.2, 0.25) is 0 Å². The van der Waals surface area contributed by atoms with E-state index in [2.05, 4.69) is 41.3 Å². The van der Waals surface area contributed by atoms with E-state index in [0.29, 0.717) is 5.92 Å². The maximum Gasteiger partial charge on any atom is 0.190 e. The van der Waals surface area contributed by atoms with E-state index in [1.54, 1.807) is 0 Å². The molecule has 0 amide bonds. The number of piperidine rings is 1. The molecule has 0 aliphatic carbocycles. The highest BCUT2D eigenvalue weighted by Gasteiger charge is 2.16. The number of hydrogen-bond acceptors (Lipinski definition) is 2. The van der Waals surface area contributed by atoms with E-state index >= 15 is 0 Å². The van der Waals surface area contributed by atoms with Gasteiger partial charge in [0.1, 0.15) is 0 Å². The fraction of sp³-hybridized carbons (Fsp3) is 0.938. The second kappa shape index (κ2) is 12.5. The summed E-state index contributed by atoms with van der Waals surface area (Å²) in [5, 5.41) is 6.74. The molecule has 1 saturated heterocycles. The van der Waals surface area contributed by atoms with Gasteiger partial charge in [-0.2, -0.15) is 0 Å². The molecule has 126 valence electrons. The van der Waals surface area contributed by atoms with Crippen molar-refractivity contribution in [3.05, 3.63) is 0 Å². The van der Waals surface area contributed by atoms with Crippen LogP contribution in [0.4, 0.5) is 0 Å². The van der Waals surface area contributed by atoms with Crippen LogP contribution in [0, 0.1) is 5.92 Å². The van der Waals surface area contributed by atoms with E-state index in [1.165, 1.54) is 45.2 Å². The lowest BCUT2D eigenvalue weighted by atomic mass is 10.0. The Morgan fingerprint density at radius 1 is 1.24 bits per heavy atom. The molecule has 0 saturated carbocycles. The second-order valence-corrected chi connectivity index (χ2v) is 6.36. The van der Waals surface area contributed by atoms with Gasteiger partial charge in [-0.1, -0.05) is 20.3 Å². The Morgan fingerprint density at radius 3 is 2.62 bits per heavy atom. The first-order valence-corrected chi connectivity index (χ1v) is 8.32. The minimum atomic E-state index is 0. The lowest BCUT2D eigenvalue weighted by Gasteiger charge is -2.33. The summed E-state index contributed by atoms with van der Waals surface area (Å²) >= 11 is 0. The van der Waals surface area contributed by atoms with Crippen molar-refractivity contribution in [3.8, 4) is 0 Å². The third kappa shape index (κ3) is 9.55. The van der Waals surface area contributed by atoms with Crippen molar-refractivity contribution in [3.63, 3.8) is 0 Å². The van der Waals surface area contributed by atoms with Crippen LogP contribution >= 0.6 is 24.0 Å².